The molecule has 1 fully saturated rings. The molecule has 0 saturated carbocycles. The summed E-state index contributed by atoms with van der Waals surface area (Å²) in [5, 5.41) is 8.86. The molecule has 1 aliphatic heterocycles. The summed E-state index contributed by atoms with van der Waals surface area (Å²) in [6.07, 6.45) is -2.12. The van der Waals surface area contributed by atoms with E-state index in [4.69, 9.17) is 5.21 Å². The first-order valence-electron chi connectivity index (χ1n) is 9.89. The molecule has 1 saturated heterocycles. The number of likely N-dealkylation sites (tertiary alicyclic amines) is 1. The smallest absolute Gasteiger partial charge is 0.406 e. The van der Waals surface area contributed by atoms with Crippen LogP contribution in [0.3, 0.4) is 0 Å². The van der Waals surface area contributed by atoms with Gasteiger partial charge in [-0.15, -0.1) is 13.2 Å². The average Bonchev–Trinajstić information content (AvgIpc) is 3.02. The van der Waals surface area contributed by atoms with Gasteiger partial charge in [-0.3, -0.25) is 14.8 Å². The van der Waals surface area contributed by atoms with Gasteiger partial charge in [0.25, 0.3) is 5.91 Å². The number of halogens is 3. The van der Waals surface area contributed by atoms with E-state index in [9.17, 15) is 22.8 Å². The summed E-state index contributed by atoms with van der Waals surface area (Å²) in [6.45, 7) is 0.873. The van der Waals surface area contributed by atoms with Crippen molar-refractivity contribution in [2.24, 2.45) is 5.41 Å². The number of fused-ring (bicyclic) bond motifs is 1. The van der Waals surface area contributed by atoms with E-state index in [1.165, 1.54) is 24.3 Å². The van der Waals surface area contributed by atoms with Crippen molar-refractivity contribution in [1.82, 2.24) is 10.4 Å². The quantitative estimate of drug-likeness (QED) is 0.569. The van der Waals surface area contributed by atoms with Crippen LogP contribution in [0, 0.1) is 5.41 Å². The van der Waals surface area contributed by atoms with Crippen molar-refractivity contribution in [3.63, 3.8) is 0 Å². The molecular weight excluding hydrogens is 413 g/mol. The van der Waals surface area contributed by atoms with Gasteiger partial charge in [0.1, 0.15) is 5.75 Å². The summed E-state index contributed by atoms with van der Waals surface area (Å²) in [5.74, 6) is -0.877. The molecule has 1 atom stereocenters. The number of carbonyl (C=O) groups excluding carboxylic acids is 2. The van der Waals surface area contributed by atoms with Crippen LogP contribution in [0.1, 0.15) is 39.9 Å². The van der Waals surface area contributed by atoms with E-state index in [2.05, 4.69) is 4.74 Å². The number of rotatable bonds is 4. The van der Waals surface area contributed by atoms with E-state index in [1.807, 2.05) is 6.07 Å². The molecule has 2 aromatic rings. The zero-order valence-corrected chi connectivity index (χ0v) is 16.5. The van der Waals surface area contributed by atoms with Gasteiger partial charge in [0.15, 0.2) is 0 Å². The minimum absolute atomic E-state index is 0.0192. The van der Waals surface area contributed by atoms with E-state index in [0.717, 1.165) is 23.1 Å². The second-order valence-electron chi connectivity index (χ2n) is 8.05. The highest BCUT2D eigenvalue weighted by Crippen LogP contribution is 2.44. The fraction of sp³-hybridized carbons (Fsp3) is 0.364. The molecule has 31 heavy (non-hydrogen) atoms. The molecule has 1 spiro atoms. The van der Waals surface area contributed by atoms with Crippen molar-refractivity contribution in [3.8, 4) is 5.75 Å². The lowest BCUT2D eigenvalue weighted by Crippen LogP contribution is -2.38. The summed E-state index contributed by atoms with van der Waals surface area (Å²) in [4.78, 5) is 26.7. The number of aryl methyl sites for hydroxylation is 1. The SMILES string of the molecule is O=C(NO)c1ccc2c(c1)CC1(CC2)CCN(Cc2ccc(OC(F)(F)F)cc2)C1=O. The monoisotopic (exact) mass is 434 g/mol. The minimum Gasteiger partial charge on any atom is -0.406 e. The molecule has 1 unspecified atom stereocenters. The molecule has 0 aromatic heterocycles. The van der Waals surface area contributed by atoms with Crippen LogP contribution in [0.4, 0.5) is 13.2 Å². The van der Waals surface area contributed by atoms with Crippen LogP contribution in [0.15, 0.2) is 42.5 Å². The van der Waals surface area contributed by atoms with Crippen LogP contribution in [0.25, 0.3) is 0 Å². The van der Waals surface area contributed by atoms with Gasteiger partial charge < -0.3 is 9.64 Å². The number of hydrogen-bond donors (Lipinski definition) is 2. The molecule has 0 radical (unpaired) electrons. The van der Waals surface area contributed by atoms with E-state index >= 15 is 0 Å². The van der Waals surface area contributed by atoms with Gasteiger partial charge in [-0.05, 0) is 66.6 Å². The predicted octanol–water partition coefficient (Wildman–Crippen LogP) is 3.61. The van der Waals surface area contributed by atoms with E-state index in [0.29, 0.717) is 37.9 Å². The van der Waals surface area contributed by atoms with Gasteiger partial charge in [-0.25, -0.2) is 5.48 Å². The number of amides is 2. The summed E-state index contributed by atoms with van der Waals surface area (Å²) < 4.78 is 40.8. The molecule has 9 heteroatoms. The number of nitrogens with one attached hydrogen (secondary N) is 1. The summed E-state index contributed by atoms with van der Waals surface area (Å²) in [5.41, 5.74) is 4.15. The number of ether oxygens (including phenoxy) is 1. The Bertz CT molecular complexity index is 1010. The maximum Gasteiger partial charge on any atom is 0.573 e. The van der Waals surface area contributed by atoms with Gasteiger partial charge in [0.2, 0.25) is 5.91 Å². The van der Waals surface area contributed by atoms with Crippen LogP contribution in [-0.4, -0.2) is 34.8 Å². The molecule has 1 heterocycles. The molecule has 6 nitrogen and oxygen atoms in total. The Balaban J connectivity index is 1.46. The van der Waals surface area contributed by atoms with Crippen molar-refractivity contribution in [1.29, 1.82) is 0 Å². The van der Waals surface area contributed by atoms with Crippen molar-refractivity contribution in [3.05, 3.63) is 64.7 Å². The number of nitrogens with zero attached hydrogens (tertiary/aromatic N) is 1. The van der Waals surface area contributed by atoms with Crippen LogP contribution in [0.2, 0.25) is 0 Å². The number of hydrogen-bond acceptors (Lipinski definition) is 4. The second-order valence-corrected chi connectivity index (χ2v) is 8.05. The normalized spacial score (nSPS) is 20.6. The predicted molar refractivity (Wildman–Crippen MR) is 103 cm³/mol. The van der Waals surface area contributed by atoms with Crippen molar-refractivity contribution in [2.45, 2.75) is 38.6 Å². The first kappa shape index (κ1) is 21.2. The average molecular weight is 434 g/mol. The number of carbonyl (C=O) groups is 2. The largest absolute Gasteiger partial charge is 0.573 e. The lowest BCUT2D eigenvalue weighted by atomic mass is 9.70. The van der Waals surface area contributed by atoms with Gasteiger partial charge in [0.05, 0.1) is 5.41 Å². The Morgan fingerprint density at radius 3 is 2.55 bits per heavy atom. The first-order chi connectivity index (χ1) is 14.7. The standard InChI is InChI=1S/C22H21F3N2O4/c23-22(24,25)31-18-5-1-14(2-6-18)13-27-10-9-21(20(27)29)8-7-15-3-4-16(19(28)26-30)11-17(15)12-21/h1-6,11,30H,7-10,12-13H2,(H,26,28). The Morgan fingerprint density at radius 2 is 1.87 bits per heavy atom. The molecular formula is C22H21F3N2O4. The third-order valence-corrected chi connectivity index (χ3v) is 6.10. The van der Waals surface area contributed by atoms with Crippen molar-refractivity contribution >= 4 is 11.8 Å². The molecule has 2 amide bonds. The molecule has 164 valence electrons. The van der Waals surface area contributed by atoms with Crippen LogP contribution in [0.5, 0.6) is 5.75 Å². The van der Waals surface area contributed by atoms with Gasteiger partial charge in [0, 0.05) is 18.7 Å². The van der Waals surface area contributed by atoms with Crippen LogP contribution >= 0.6 is 0 Å². The summed E-state index contributed by atoms with van der Waals surface area (Å²) in [6, 6.07) is 10.8. The molecule has 2 aromatic carbocycles. The van der Waals surface area contributed by atoms with Gasteiger partial charge in [-0.1, -0.05) is 18.2 Å². The Kier molecular flexibility index (Phi) is 5.38. The Morgan fingerprint density at radius 1 is 1.13 bits per heavy atom. The molecule has 2 N–H and O–H groups in total. The maximum atomic E-state index is 13.3. The molecule has 1 aliphatic carbocycles. The number of benzene rings is 2. The highest BCUT2D eigenvalue weighted by Gasteiger charge is 2.48. The molecule has 2 aliphatic rings. The first-order valence-corrected chi connectivity index (χ1v) is 9.89. The number of hydroxylamine groups is 1. The zero-order valence-electron chi connectivity index (χ0n) is 16.5. The van der Waals surface area contributed by atoms with Crippen molar-refractivity contribution < 1.29 is 32.7 Å². The van der Waals surface area contributed by atoms with E-state index < -0.39 is 17.7 Å². The zero-order chi connectivity index (χ0) is 22.2. The fourth-order valence-corrected chi connectivity index (χ4v) is 4.52. The maximum absolute atomic E-state index is 13.3. The summed E-state index contributed by atoms with van der Waals surface area (Å²) >= 11 is 0. The fourth-order valence-electron chi connectivity index (χ4n) is 4.52. The van der Waals surface area contributed by atoms with Gasteiger partial charge >= 0.3 is 6.36 Å². The van der Waals surface area contributed by atoms with E-state index in [1.54, 1.807) is 22.5 Å². The second kappa shape index (κ2) is 7.88. The van der Waals surface area contributed by atoms with Crippen LogP contribution in [-0.2, 0) is 24.2 Å². The van der Waals surface area contributed by atoms with Gasteiger partial charge in [-0.2, -0.15) is 0 Å². The highest BCUT2D eigenvalue weighted by molar-refractivity contribution is 5.93. The summed E-state index contributed by atoms with van der Waals surface area (Å²) in [7, 11) is 0. The molecule has 4 rings (SSSR count). The minimum atomic E-state index is -4.74. The third kappa shape index (κ3) is 4.36. The van der Waals surface area contributed by atoms with E-state index in [-0.39, 0.29) is 11.7 Å². The van der Waals surface area contributed by atoms with Crippen LogP contribution < -0.4 is 10.2 Å². The lowest BCUT2D eigenvalue weighted by Gasteiger charge is -2.33. The number of alkyl halides is 3. The Labute approximate surface area is 176 Å². The topological polar surface area (TPSA) is 78.9 Å². The third-order valence-electron chi connectivity index (χ3n) is 6.10. The highest BCUT2D eigenvalue weighted by atomic mass is 19.4. The Hall–Kier alpha value is -3.07. The van der Waals surface area contributed by atoms with Crippen molar-refractivity contribution in [2.75, 3.05) is 6.54 Å². The molecule has 0 bridgehead atoms. The lowest BCUT2D eigenvalue weighted by molar-refractivity contribution is -0.274.